The summed E-state index contributed by atoms with van der Waals surface area (Å²) in [5.41, 5.74) is 18.8. The Balaban J connectivity index is 1.06. The van der Waals surface area contributed by atoms with Crippen LogP contribution in [0.3, 0.4) is 0 Å². The summed E-state index contributed by atoms with van der Waals surface area (Å²) in [5.74, 6) is 2.69. The molecule has 0 spiro atoms. The van der Waals surface area contributed by atoms with Gasteiger partial charge in [0.15, 0.2) is 0 Å². The predicted octanol–water partition coefficient (Wildman–Crippen LogP) is 17.5. The van der Waals surface area contributed by atoms with Crippen LogP contribution in [0.1, 0.15) is 79.0 Å². The van der Waals surface area contributed by atoms with Crippen molar-refractivity contribution in [2.24, 2.45) is 11.8 Å². The van der Waals surface area contributed by atoms with E-state index in [2.05, 4.69) is 264 Å². The Bertz CT molecular complexity index is 2980. The molecule has 330 valence electrons. The van der Waals surface area contributed by atoms with E-state index in [0.29, 0.717) is 24.4 Å². The van der Waals surface area contributed by atoms with Crippen LogP contribution in [-0.2, 0) is 12.0 Å². The van der Waals surface area contributed by atoms with Crippen molar-refractivity contribution in [2.45, 2.75) is 59.0 Å². The zero-order valence-electron chi connectivity index (χ0n) is 39.4. The van der Waals surface area contributed by atoms with Crippen LogP contribution in [0.2, 0.25) is 0 Å². The summed E-state index contributed by atoms with van der Waals surface area (Å²) in [6.07, 6.45) is 1.20. The Morgan fingerprint density at radius 2 is 0.940 bits per heavy atom. The lowest BCUT2D eigenvalue weighted by atomic mass is 9.67. The minimum Gasteiger partial charge on any atom is -0.489 e. The lowest BCUT2D eigenvalue weighted by molar-refractivity contribution is 0.306. The van der Waals surface area contributed by atoms with Crippen molar-refractivity contribution in [2.75, 3.05) is 4.90 Å². The number of anilines is 3. The van der Waals surface area contributed by atoms with Gasteiger partial charge in [0.2, 0.25) is 0 Å². The van der Waals surface area contributed by atoms with E-state index in [1.54, 1.807) is 0 Å². The summed E-state index contributed by atoms with van der Waals surface area (Å²) < 4.78 is 6.53. The van der Waals surface area contributed by atoms with Crippen LogP contribution >= 0.6 is 0 Å². The van der Waals surface area contributed by atoms with Crippen molar-refractivity contribution in [1.82, 2.24) is 0 Å². The topological polar surface area (TPSA) is 12.5 Å². The second-order valence-electron chi connectivity index (χ2n) is 19.1. The van der Waals surface area contributed by atoms with Gasteiger partial charge in [-0.25, -0.2) is 0 Å². The summed E-state index contributed by atoms with van der Waals surface area (Å²) in [4.78, 5) is 2.41. The zero-order chi connectivity index (χ0) is 45.9. The van der Waals surface area contributed by atoms with E-state index in [4.69, 9.17) is 4.74 Å². The van der Waals surface area contributed by atoms with Crippen LogP contribution in [0.25, 0.3) is 33.4 Å². The zero-order valence-corrected chi connectivity index (χ0v) is 39.4. The second kappa shape index (κ2) is 18.8. The van der Waals surface area contributed by atoms with Gasteiger partial charge in [-0.15, -0.1) is 0 Å². The molecule has 1 aliphatic rings. The quantitative estimate of drug-likeness (QED) is 0.108. The largest absolute Gasteiger partial charge is 0.489 e. The van der Waals surface area contributed by atoms with Crippen molar-refractivity contribution in [1.29, 1.82) is 0 Å². The average molecular weight is 870 g/mol. The molecule has 10 rings (SSSR count). The summed E-state index contributed by atoms with van der Waals surface area (Å²) in [6.45, 7) is 12.0. The van der Waals surface area contributed by atoms with E-state index < -0.39 is 5.41 Å². The highest BCUT2D eigenvalue weighted by Crippen LogP contribution is 2.57. The number of nitrogens with zero attached hydrogens (tertiary/aromatic N) is 1. The van der Waals surface area contributed by atoms with Crippen molar-refractivity contribution in [3.8, 4) is 39.1 Å². The fourth-order valence-electron chi connectivity index (χ4n) is 10.4. The van der Waals surface area contributed by atoms with Crippen molar-refractivity contribution >= 4 is 17.1 Å². The molecular formula is C65H59NO. The molecule has 0 saturated heterocycles. The van der Waals surface area contributed by atoms with Crippen LogP contribution in [0.5, 0.6) is 5.75 Å². The number of fused-ring (bicyclic) bond motifs is 3. The Morgan fingerprint density at radius 1 is 0.448 bits per heavy atom. The monoisotopic (exact) mass is 869 g/mol. The first kappa shape index (κ1) is 43.5. The van der Waals surface area contributed by atoms with Crippen molar-refractivity contribution < 1.29 is 4.74 Å². The van der Waals surface area contributed by atoms with Crippen LogP contribution in [0.15, 0.2) is 224 Å². The van der Waals surface area contributed by atoms with Gasteiger partial charge < -0.3 is 9.64 Å². The Kier molecular flexibility index (Phi) is 12.2. The molecule has 2 heteroatoms. The third-order valence-electron chi connectivity index (χ3n) is 13.9. The van der Waals surface area contributed by atoms with Gasteiger partial charge in [0.25, 0.3) is 0 Å². The van der Waals surface area contributed by atoms with Crippen molar-refractivity contribution in [3.63, 3.8) is 0 Å². The fourth-order valence-corrected chi connectivity index (χ4v) is 10.4. The predicted molar refractivity (Wildman–Crippen MR) is 282 cm³/mol. The van der Waals surface area contributed by atoms with Crippen LogP contribution < -0.4 is 9.64 Å². The summed E-state index contributed by atoms with van der Waals surface area (Å²) in [6, 6.07) is 82.5. The van der Waals surface area contributed by atoms with Crippen molar-refractivity contribution in [3.05, 3.63) is 263 Å². The minimum atomic E-state index is -0.590. The first-order valence-corrected chi connectivity index (χ1v) is 24.0. The molecule has 0 bridgehead atoms. The minimum absolute atomic E-state index is 0.517. The lowest BCUT2D eigenvalue weighted by Crippen LogP contribution is -2.28. The Morgan fingerprint density at radius 3 is 1.49 bits per heavy atom. The molecule has 1 aliphatic carbocycles. The number of rotatable bonds is 14. The van der Waals surface area contributed by atoms with Gasteiger partial charge in [0.05, 0.1) is 5.41 Å². The van der Waals surface area contributed by atoms with Crippen LogP contribution in [0.4, 0.5) is 17.1 Å². The first-order valence-electron chi connectivity index (χ1n) is 24.0. The summed E-state index contributed by atoms with van der Waals surface area (Å²) in [5, 5.41) is 0. The SMILES string of the molecule is Cc1ccc(C2(c3ccc(OCc4ccc(C(CC(C)C)C(C)C)cc4)cc3)c3ccccc3-c3ccc(N(c4ccc(-c5ccccc5)cc4)c4ccc(-c5ccccc5)cc4)cc32)cc1. The number of ether oxygens (including phenoxy) is 1. The molecule has 0 fully saturated rings. The normalized spacial score (nSPS) is 14.4. The molecular weight excluding hydrogens is 811 g/mol. The third kappa shape index (κ3) is 8.61. The highest BCUT2D eigenvalue weighted by Gasteiger charge is 2.46. The van der Waals surface area contributed by atoms with Gasteiger partial charge in [-0.1, -0.05) is 209 Å². The molecule has 67 heavy (non-hydrogen) atoms. The van der Waals surface area contributed by atoms with Gasteiger partial charge in [-0.3, -0.25) is 0 Å². The molecule has 2 unspecified atom stereocenters. The molecule has 0 radical (unpaired) electrons. The summed E-state index contributed by atoms with van der Waals surface area (Å²) in [7, 11) is 0. The van der Waals surface area contributed by atoms with E-state index in [1.165, 1.54) is 78.7 Å². The molecule has 0 amide bonds. The van der Waals surface area contributed by atoms with E-state index in [-0.39, 0.29) is 0 Å². The van der Waals surface area contributed by atoms with E-state index >= 15 is 0 Å². The standard InChI is InChI=1S/C65H59NO/c1-45(2)42-62(46(3)4)53-24-22-48(23-25-53)44-67-59-39-32-55(33-40-59)65(54-30-20-47(5)21-31-54)63-19-13-12-18-60(63)61-41-38-58(43-64(61)65)66(56-34-26-51(27-35-56)49-14-8-6-9-15-49)57-36-28-52(29-37-57)50-16-10-7-11-17-50/h6-41,43,45-46,62H,42,44H2,1-5H3. The van der Waals surface area contributed by atoms with Crippen LogP contribution in [-0.4, -0.2) is 0 Å². The Labute approximate surface area is 398 Å². The third-order valence-corrected chi connectivity index (χ3v) is 13.9. The van der Waals surface area contributed by atoms with E-state index in [0.717, 1.165) is 22.8 Å². The molecule has 0 heterocycles. The lowest BCUT2D eigenvalue weighted by Gasteiger charge is -2.35. The number of hydrogen-bond acceptors (Lipinski definition) is 2. The van der Waals surface area contributed by atoms with Gasteiger partial charge in [-0.05, 0) is 146 Å². The van der Waals surface area contributed by atoms with Gasteiger partial charge in [0.1, 0.15) is 12.4 Å². The molecule has 0 saturated carbocycles. The average Bonchev–Trinajstić information content (AvgIpc) is 3.67. The molecule has 2 nitrogen and oxygen atoms in total. The maximum atomic E-state index is 6.53. The number of hydrogen-bond donors (Lipinski definition) is 0. The highest BCUT2D eigenvalue weighted by atomic mass is 16.5. The molecule has 0 N–H and O–H groups in total. The fraction of sp³-hybridized carbons (Fsp3) is 0.169. The summed E-state index contributed by atoms with van der Waals surface area (Å²) >= 11 is 0. The maximum absolute atomic E-state index is 6.53. The first-order chi connectivity index (χ1) is 32.8. The molecule has 2 atom stereocenters. The highest BCUT2D eigenvalue weighted by molar-refractivity contribution is 5.90. The van der Waals surface area contributed by atoms with E-state index in [9.17, 15) is 0 Å². The number of aryl methyl sites for hydroxylation is 1. The molecule has 9 aromatic carbocycles. The second-order valence-corrected chi connectivity index (χ2v) is 19.1. The molecule has 0 aromatic heterocycles. The smallest absolute Gasteiger partial charge is 0.119 e. The van der Waals surface area contributed by atoms with Gasteiger partial charge in [0, 0.05) is 17.1 Å². The Hall–Kier alpha value is -7.42. The van der Waals surface area contributed by atoms with Gasteiger partial charge >= 0.3 is 0 Å². The molecule has 9 aromatic rings. The number of benzene rings is 9. The molecule has 0 aliphatic heterocycles. The van der Waals surface area contributed by atoms with Crippen LogP contribution in [0, 0.1) is 18.8 Å². The maximum Gasteiger partial charge on any atom is 0.119 e. The van der Waals surface area contributed by atoms with E-state index in [1.807, 2.05) is 0 Å². The van der Waals surface area contributed by atoms with Gasteiger partial charge in [-0.2, -0.15) is 0 Å².